The molecule has 0 spiro atoms. The van der Waals surface area contributed by atoms with Crippen LogP contribution in [0.4, 0.5) is 17.1 Å². The Bertz CT molecular complexity index is 966. The Morgan fingerprint density at radius 1 is 1.15 bits per heavy atom. The molecular formula is C17H17N3O5S. The number of rotatable bonds is 6. The van der Waals surface area contributed by atoms with Crippen LogP contribution in [0, 0.1) is 17.0 Å². The van der Waals surface area contributed by atoms with E-state index >= 15 is 0 Å². The highest BCUT2D eigenvalue weighted by molar-refractivity contribution is 7.92. The molecule has 136 valence electrons. The second kappa shape index (κ2) is 7.79. The van der Waals surface area contributed by atoms with Gasteiger partial charge in [0.2, 0.25) is 15.9 Å². The maximum Gasteiger partial charge on any atom is 0.271 e. The zero-order valence-corrected chi connectivity index (χ0v) is 14.9. The van der Waals surface area contributed by atoms with Crippen molar-refractivity contribution in [3.63, 3.8) is 0 Å². The van der Waals surface area contributed by atoms with Crippen molar-refractivity contribution >= 4 is 39.1 Å². The van der Waals surface area contributed by atoms with Gasteiger partial charge in [-0.25, -0.2) is 8.42 Å². The zero-order valence-electron chi connectivity index (χ0n) is 14.1. The molecule has 0 saturated carbocycles. The predicted octanol–water partition coefficient (Wildman–Crippen LogP) is 2.93. The van der Waals surface area contributed by atoms with E-state index in [-0.39, 0.29) is 5.69 Å². The van der Waals surface area contributed by atoms with E-state index in [0.29, 0.717) is 22.5 Å². The van der Waals surface area contributed by atoms with Gasteiger partial charge in [0.15, 0.2) is 0 Å². The summed E-state index contributed by atoms with van der Waals surface area (Å²) in [6.45, 7) is 1.73. The van der Waals surface area contributed by atoms with E-state index in [2.05, 4.69) is 10.0 Å². The molecule has 0 saturated heterocycles. The van der Waals surface area contributed by atoms with E-state index in [1.165, 1.54) is 18.2 Å². The molecule has 2 N–H and O–H groups in total. The van der Waals surface area contributed by atoms with Crippen LogP contribution in [0.15, 0.2) is 48.5 Å². The lowest BCUT2D eigenvalue weighted by Gasteiger charge is -2.06. The van der Waals surface area contributed by atoms with Gasteiger partial charge in [0.25, 0.3) is 5.69 Å². The first-order valence-electron chi connectivity index (χ1n) is 7.46. The van der Waals surface area contributed by atoms with Crippen LogP contribution in [-0.2, 0) is 14.8 Å². The van der Waals surface area contributed by atoms with Gasteiger partial charge >= 0.3 is 0 Å². The van der Waals surface area contributed by atoms with E-state index < -0.39 is 20.9 Å². The molecule has 0 bridgehead atoms. The molecule has 0 fully saturated rings. The van der Waals surface area contributed by atoms with Gasteiger partial charge in [-0.15, -0.1) is 0 Å². The van der Waals surface area contributed by atoms with E-state index in [9.17, 15) is 23.3 Å². The summed E-state index contributed by atoms with van der Waals surface area (Å²) in [5.74, 6) is -0.438. The molecule has 2 aromatic rings. The number of sulfonamides is 1. The normalized spacial score (nSPS) is 11.3. The van der Waals surface area contributed by atoms with Crippen molar-refractivity contribution in [2.75, 3.05) is 16.3 Å². The van der Waals surface area contributed by atoms with Crippen LogP contribution in [0.5, 0.6) is 0 Å². The Kier molecular flexibility index (Phi) is 5.73. The summed E-state index contributed by atoms with van der Waals surface area (Å²) in [5, 5.41) is 13.4. The minimum Gasteiger partial charge on any atom is -0.322 e. The van der Waals surface area contributed by atoms with Crippen LogP contribution >= 0.6 is 0 Å². The van der Waals surface area contributed by atoms with Crippen LogP contribution in [0.2, 0.25) is 0 Å². The van der Waals surface area contributed by atoms with Gasteiger partial charge < -0.3 is 5.32 Å². The third-order valence-electron chi connectivity index (χ3n) is 3.33. The molecule has 2 aromatic carbocycles. The summed E-state index contributed by atoms with van der Waals surface area (Å²) in [6, 6.07) is 10.7. The first-order valence-corrected chi connectivity index (χ1v) is 9.35. The molecule has 0 unspecified atom stereocenters. The Labute approximate surface area is 150 Å². The fraction of sp³-hybridized carbons (Fsp3) is 0.118. The first kappa shape index (κ1) is 19.1. The number of benzene rings is 2. The van der Waals surface area contributed by atoms with Crippen LogP contribution in [0.25, 0.3) is 6.08 Å². The predicted molar refractivity (Wildman–Crippen MR) is 100 cm³/mol. The maximum atomic E-state index is 12.0. The summed E-state index contributed by atoms with van der Waals surface area (Å²) in [7, 11) is -3.34. The number of nitro groups is 1. The van der Waals surface area contributed by atoms with Crippen molar-refractivity contribution in [2.24, 2.45) is 0 Å². The third kappa shape index (κ3) is 5.71. The van der Waals surface area contributed by atoms with Crippen molar-refractivity contribution in [2.45, 2.75) is 6.92 Å². The highest BCUT2D eigenvalue weighted by atomic mass is 32.2. The Hall–Kier alpha value is -3.20. The van der Waals surface area contributed by atoms with Crippen LogP contribution in [0.1, 0.15) is 11.1 Å². The molecule has 9 heteroatoms. The van der Waals surface area contributed by atoms with Crippen LogP contribution in [0.3, 0.4) is 0 Å². The van der Waals surface area contributed by atoms with Gasteiger partial charge in [-0.05, 0) is 36.3 Å². The summed E-state index contributed by atoms with van der Waals surface area (Å²) in [5.41, 5.74) is 2.07. The fourth-order valence-electron chi connectivity index (χ4n) is 2.08. The number of anilines is 2. The average molecular weight is 375 g/mol. The van der Waals surface area contributed by atoms with Crippen molar-refractivity contribution in [3.05, 3.63) is 69.8 Å². The molecular weight excluding hydrogens is 358 g/mol. The smallest absolute Gasteiger partial charge is 0.271 e. The SMILES string of the molecule is Cc1ccc([N+](=O)[O-])cc1NC(=O)/C=C/c1ccc(NS(C)(=O)=O)cc1. The molecule has 1 amide bonds. The van der Waals surface area contributed by atoms with Crippen molar-refractivity contribution < 1.29 is 18.1 Å². The standard InChI is InChI=1S/C17H17N3O5S/c1-12-3-9-15(20(22)23)11-16(12)18-17(21)10-6-13-4-7-14(8-5-13)19-26(2,24)25/h3-11,19H,1-2H3,(H,18,21)/b10-6+. The fourth-order valence-corrected chi connectivity index (χ4v) is 2.65. The Balaban J connectivity index is 2.06. The minimum atomic E-state index is -3.34. The molecule has 0 radical (unpaired) electrons. The molecule has 2 rings (SSSR count). The number of amides is 1. The number of nitrogens with one attached hydrogen (secondary N) is 2. The molecule has 0 aliphatic rings. The molecule has 0 aliphatic heterocycles. The Morgan fingerprint density at radius 3 is 2.38 bits per heavy atom. The lowest BCUT2D eigenvalue weighted by Crippen LogP contribution is -2.09. The Morgan fingerprint density at radius 2 is 1.81 bits per heavy atom. The van der Waals surface area contributed by atoms with E-state index in [0.717, 1.165) is 6.26 Å². The van der Waals surface area contributed by atoms with Gasteiger partial charge in [0, 0.05) is 23.9 Å². The lowest BCUT2D eigenvalue weighted by molar-refractivity contribution is -0.384. The van der Waals surface area contributed by atoms with Gasteiger partial charge in [-0.1, -0.05) is 18.2 Å². The summed E-state index contributed by atoms with van der Waals surface area (Å²) >= 11 is 0. The molecule has 26 heavy (non-hydrogen) atoms. The van der Waals surface area contributed by atoms with E-state index in [4.69, 9.17) is 0 Å². The second-order valence-electron chi connectivity index (χ2n) is 5.58. The number of hydrogen-bond acceptors (Lipinski definition) is 5. The lowest BCUT2D eigenvalue weighted by atomic mass is 10.1. The number of non-ortho nitro benzene ring substituents is 1. The average Bonchev–Trinajstić information content (AvgIpc) is 2.54. The van der Waals surface area contributed by atoms with Crippen molar-refractivity contribution in [1.29, 1.82) is 0 Å². The molecule has 0 aromatic heterocycles. The molecule has 0 atom stereocenters. The first-order chi connectivity index (χ1) is 12.1. The highest BCUT2D eigenvalue weighted by Crippen LogP contribution is 2.22. The van der Waals surface area contributed by atoms with Gasteiger partial charge in [0.05, 0.1) is 16.9 Å². The van der Waals surface area contributed by atoms with Crippen LogP contribution < -0.4 is 10.0 Å². The quantitative estimate of drug-likeness (QED) is 0.457. The van der Waals surface area contributed by atoms with Gasteiger partial charge in [0.1, 0.15) is 0 Å². The number of carbonyl (C=O) groups excluding carboxylic acids is 1. The molecule has 8 nitrogen and oxygen atoms in total. The number of carbonyl (C=O) groups is 1. The maximum absolute atomic E-state index is 12.0. The highest BCUT2D eigenvalue weighted by Gasteiger charge is 2.10. The number of aryl methyl sites for hydroxylation is 1. The van der Waals surface area contributed by atoms with Gasteiger partial charge in [-0.2, -0.15) is 0 Å². The van der Waals surface area contributed by atoms with Crippen LogP contribution in [-0.4, -0.2) is 25.5 Å². The topological polar surface area (TPSA) is 118 Å². The second-order valence-corrected chi connectivity index (χ2v) is 7.32. The number of nitrogens with zero attached hydrogens (tertiary/aromatic N) is 1. The molecule has 0 aliphatic carbocycles. The third-order valence-corrected chi connectivity index (χ3v) is 3.94. The minimum absolute atomic E-state index is 0.108. The van der Waals surface area contributed by atoms with E-state index in [1.807, 2.05) is 0 Å². The van der Waals surface area contributed by atoms with Gasteiger partial charge in [-0.3, -0.25) is 19.6 Å². The summed E-state index contributed by atoms with van der Waals surface area (Å²) in [6.07, 6.45) is 3.89. The largest absolute Gasteiger partial charge is 0.322 e. The monoisotopic (exact) mass is 375 g/mol. The van der Waals surface area contributed by atoms with Crippen molar-refractivity contribution in [1.82, 2.24) is 0 Å². The number of nitro benzene ring substituents is 1. The zero-order chi connectivity index (χ0) is 19.3. The van der Waals surface area contributed by atoms with Crippen molar-refractivity contribution in [3.8, 4) is 0 Å². The number of hydrogen-bond donors (Lipinski definition) is 2. The summed E-state index contributed by atoms with van der Waals surface area (Å²) in [4.78, 5) is 22.3. The summed E-state index contributed by atoms with van der Waals surface area (Å²) < 4.78 is 24.6. The molecule has 0 heterocycles. The van der Waals surface area contributed by atoms with E-state index in [1.54, 1.807) is 43.3 Å².